The summed E-state index contributed by atoms with van der Waals surface area (Å²) >= 11 is 0. The highest BCUT2D eigenvalue weighted by Crippen LogP contribution is 2.36. The van der Waals surface area contributed by atoms with E-state index >= 15 is 0 Å². The van der Waals surface area contributed by atoms with Gasteiger partial charge in [0.2, 0.25) is 0 Å². The lowest BCUT2D eigenvalue weighted by molar-refractivity contribution is 0.273. The van der Waals surface area contributed by atoms with Crippen molar-refractivity contribution in [1.82, 2.24) is 0 Å². The number of rotatable bonds is 13. The van der Waals surface area contributed by atoms with Crippen LogP contribution in [0.5, 0.6) is 0 Å². The third-order valence-corrected chi connectivity index (χ3v) is 9.95. The Kier molecular flexibility index (Phi) is 11.8. The molecule has 0 fully saturated rings. The molecule has 0 radical (unpaired) electrons. The zero-order valence-corrected chi connectivity index (χ0v) is 17.8. The van der Waals surface area contributed by atoms with Crippen molar-refractivity contribution < 1.29 is 4.43 Å². The standard InChI is InChI=1S/C20H44OSi/c1-8-9-10-11-12-13-16-19(2)17-14-15-18-21-22(6,7)20(3,4)5/h19H,8-18H2,1-7H3/t19-/m1/s1. The van der Waals surface area contributed by atoms with Crippen LogP contribution in [0.15, 0.2) is 0 Å². The van der Waals surface area contributed by atoms with E-state index in [1.807, 2.05) is 0 Å². The molecule has 0 aliphatic rings. The van der Waals surface area contributed by atoms with Gasteiger partial charge in [0, 0.05) is 6.61 Å². The largest absolute Gasteiger partial charge is 0.417 e. The van der Waals surface area contributed by atoms with Gasteiger partial charge in [-0.15, -0.1) is 0 Å². The van der Waals surface area contributed by atoms with Crippen LogP contribution in [0.3, 0.4) is 0 Å². The molecule has 0 aromatic rings. The van der Waals surface area contributed by atoms with E-state index in [-0.39, 0.29) is 0 Å². The summed E-state index contributed by atoms with van der Waals surface area (Å²) in [5, 5.41) is 0.345. The Bertz CT molecular complexity index is 255. The van der Waals surface area contributed by atoms with Gasteiger partial charge in [0.1, 0.15) is 0 Å². The Hall–Kier alpha value is 0.177. The van der Waals surface area contributed by atoms with Gasteiger partial charge in [0.05, 0.1) is 0 Å². The Labute approximate surface area is 142 Å². The third kappa shape index (κ3) is 10.8. The number of hydrogen-bond donors (Lipinski definition) is 0. The summed E-state index contributed by atoms with van der Waals surface area (Å²) in [6, 6.07) is 0. The van der Waals surface area contributed by atoms with Crippen molar-refractivity contribution in [3.8, 4) is 0 Å². The normalized spacial score (nSPS) is 14.3. The van der Waals surface area contributed by atoms with Gasteiger partial charge in [0.15, 0.2) is 8.32 Å². The number of unbranched alkanes of at least 4 members (excludes halogenated alkanes) is 6. The van der Waals surface area contributed by atoms with Gasteiger partial charge in [-0.3, -0.25) is 0 Å². The lowest BCUT2D eigenvalue weighted by atomic mass is 9.97. The van der Waals surface area contributed by atoms with Gasteiger partial charge in [-0.2, -0.15) is 0 Å². The van der Waals surface area contributed by atoms with Crippen molar-refractivity contribution in [2.24, 2.45) is 5.92 Å². The molecule has 1 atom stereocenters. The van der Waals surface area contributed by atoms with Gasteiger partial charge in [-0.25, -0.2) is 0 Å². The monoisotopic (exact) mass is 328 g/mol. The fraction of sp³-hybridized carbons (Fsp3) is 1.00. The highest BCUT2D eigenvalue weighted by atomic mass is 28.4. The summed E-state index contributed by atoms with van der Waals surface area (Å²) in [4.78, 5) is 0. The van der Waals surface area contributed by atoms with Crippen LogP contribution < -0.4 is 0 Å². The topological polar surface area (TPSA) is 9.23 Å². The van der Waals surface area contributed by atoms with Crippen molar-refractivity contribution in [1.29, 1.82) is 0 Å². The zero-order chi connectivity index (χ0) is 17.1. The average molecular weight is 329 g/mol. The van der Waals surface area contributed by atoms with E-state index in [0.717, 1.165) is 12.5 Å². The Balaban J connectivity index is 3.51. The molecule has 2 heteroatoms. The molecule has 0 aromatic heterocycles. The first-order chi connectivity index (χ1) is 10.2. The van der Waals surface area contributed by atoms with Crippen molar-refractivity contribution >= 4 is 8.32 Å². The van der Waals surface area contributed by atoms with Crippen molar-refractivity contribution in [2.75, 3.05) is 6.61 Å². The van der Waals surface area contributed by atoms with Gasteiger partial charge in [-0.05, 0) is 30.5 Å². The van der Waals surface area contributed by atoms with Crippen LogP contribution in [-0.4, -0.2) is 14.9 Å². The van der Waals surface area contributed by atoms with E-state index in [1.165, 1.54) is 64.2 Å². The molecule has 0 amide bonds. The van der Waals surface area contributed by atoms with Gasteiger partial charge >= 0.3 is 0 Å². The lowest BCUT2D eigenvalue weighted by Crippen LogP contribution is -2.40. The molecule has 1 nitrogen and oxygen atoms in total. The molecule has 0 saturated carbocycles. The molecule has 0 rings (SSSR count). The van der Waals surface area contributed by atoms with Crippen LogP contribution in [0.25, 0.3) is 0 Å². The smallest absolute Gasteiger partial charge is 0.191 e. The predicted molar refractivity (Wildman–Crippen MR) is 104 cm³/mol. The van der Waals surface area contributed by atoms with Gasteiger partial charge < -0.3 is 4.43 Å². The molecule has 0 N–H and O–H groups in total. The molecule has 0 bridgehead atoms. The maximum atomic E-state index is 6.25. The van der Waals surface area contributed by atoms with Crippen LogP contribution in [0.2, 0.25) is 18.1 Å². The molecule has 0 aliphatic heterocycles. The summed E-state index contributed by atoms with van der Waals surface area (Å²) < 4.78 is 6.25. The van der Waals surface area contributed by atoms with Gasteiger partial charge in [0.25, 0.3) is 0 Å². The third-order valence-electron chi connectivity index (χ3n) is 5.41. The molecule has 0 spiro atoms. The zero-order valence-electron chi connectivity index (χ0n) is 16.8. The SMILES string of the molecule is CCCCCCCC[C@@H](C)CCCCO[Si](C)(C)C(C)(C)C. The van der Waals surface area contributed by atoms with Crippen LogP contribution >= 0.6 is 0 Å². The van der Waals surface area contributed by atoms with Crippen molar-refractivity contribution in [3.05, 3.63) is 0 Å². The molecular weight excluding hydrogens is 284 g/mol. The van der Waals surface area contributed by atoms with Crippen LogP contribution in [-0.2, 0) is 4.43 Å². The molecule has 0 aromatic carbocycles. The second-order valence-corrected chi connectivity index (χ2v) is 13.6. The molecule has 22 heavy (non-hydrogen) atoms. The highest BCUT2D eigenvalue weighted by molar-refractivity contribution is 6.74. The first kappa shape index (κ1) is 22.2. The molecule has 134 valence electrons. The minimum atomic E-state index is -1.52. The summed E-state index contributed by atoms with van der Waals surface area (Å²) in [5.74, 6) is 0.902. The summed E-state index contributed by atoms with van der Waals surface area (Å²) in [6.07, 6.45) is 13.9. The maximum Gasteiger partial charge on any atom is 0.191 e. The lowest BCUT2D eigenvalue weighted by Gasteiger charge is -2.36. The van der Waals surface area contributed by atoms with E-state index in [9.17, 15) is 0 Å². The predicted octanol–water partition coefficient (Wildman–Crippen LogP) is 7.57. The fourth-order valence-electron chi connectivity index (χ4n) is 2.56. The molecular formula is C20H44OSi. The second-order valence-electron chi connectivity index (χ2n) is 8.77. The van der Waals surface area contributed by atoms with E-state index in [4.69, 9.17) is 4.43 Å². The van der Waals surface area contributed by atoms with E-state index in [2.05, 4.69) is 47.7 Å². The second kappa shape index (κ2) is 11.7. The first-order valence-corrected chi connectivity index (χ1v) is 12.8. The van der Waals surface area contributed by atoms with Crippen molar-refractivity contribution in [3.63, 3.8) is 0 Å². The highest BCUT2D eigenvalue weighted by Gasteiger charge is 2.36. The minimum absolute atomic E-state index is 0.345. The first-order valence-electron chi connectivity index (χ1n) is 9.84. The van der Waals surface area contributed by atoms with Crippen LogP contribution in [0.1, 0.15) is 98.8 Å². The summed E-state index contributed by atoms with van der Waals surface area (Å²) in [6.45, 7) is 17.4. The Morgan fingerprint density at radius 2 is 1.32 bits per heavy atom. The van der Waals surface area contributed by atoms with Crippen LogP contribution in [0, 0.1) is 5.92 Å². The fourth-order valence-corrected chi connectivity index (χ4v) is 3.64. The maximum absolute atomic E-state index is 6.25. The Morgan fingerprint density at radius 3 is 1.86 bits per heavy atom. The molecule has 0 unspecified atom stereocenters. The van der Waals surface area contributed by atoms with E-state index in [1.54, 1.807) is 0 Å². The average Bonchev–Trinajstić information content (AvgIpc) is 2.41. The molecule has 0 saturated heterocycles. The summed E-state index contributed by atoms with van der Waals surface area (Å²) in [7, 11) is -1.52. The quantitative estimate of drug-likeness (QED) is 0.250. The van der Waals surface area contributed by atoms with Crippen molar-refractivity contribution in [2.45, 2.75) is 117 Å². The molecule has 0 heterocycles. The van der Waals surface area contributed by atoms with E-state index in [0.29, 0.717) is 5.04 Å². The van der Waals surface area contributed by atoms with Crippen LogP contribution in [0.4, 0.5) is 0 Å². The summed E-state index contributed by atoms with van der Waals surface area (Å²) in [5.41, 5.74) is 0. The number of hydrogen-bond acceptors (Lipinski definition) is 1. The van der Waals surface area contributed by atoms with Gasteiger partial charge in [-0.1, -0.05) is 92.4 Å². The minimum Gasteiger partial charge on any atom is -0.417 e. The Morgan fingerprint density at radius 1 is 0.818 bits per heavy atom. The van der Waals surface area contributed by atoms with E-state index < -0.39 is 8.32 Å². The molecule has 0 aliphatic carbocycles.